The predicted octanol–water partition coefficient (Wildman–Crippen LogP) is 2.50. The second kappa shape index (κ2) is 7.15. The van der Waals surface area contributed by atoms with Crippen molar-refractivity contribution < 1.29 is 9.53 Å². The van der Waals surface area contributed by atoms with Crippen LogP contribution < -0.4 is 4.74 Å². The Hall–Kier alpha value is -3.68. The third-order valence-electron chi connectivity index (χ3n) is 4.53. The van der Waals surface area contributed by atoms with Gasteiger partial charge in [-0.1, -0.05) is 6.07 Å². The fourth-order valence-electron chi connectivity index (χ4n) is 3.14. The zero-order valence-electron chi connectivity index (χ0n) is 15.9. The summed E-state index contributed by atoms with van der Waals surface area (Å²) in [4.78, 5) is 14.7. The molecule has 4 rings (SSSR count). The zero-order chi connectivity index (χ0) is 19.7. The first-order valence-corrected chi connectivity index (χ1v) is 8.81. The van der Waals surface area contributed by atoms with Crippen molar-refractivity contribution in [1.82, 2.24) is 29.5 Å². The number of hydrogen-bond donors (Lipinski definition) is 0. The maximum atomic E-state index is 13.0. The van der Waals surface area contributed by atoms with Gasteiger partial charge in [0.05, 0.1) is 30.3 Å². The van der Waals surface area contributed by atoms with E-state index in [0.29, 0.717) is 23.3 Å². The molecule has 3 aromatic heterocycles. The molecule has 0 unspecified atom stereocenters. The molecule has 142 valence electrons. The fraction of sp³-hybridized carbons (Fsp3) is 0.200. The van der Waals surface area contributed by atoms with E-state index in [4.69, 9.17) is 4.74 Å². The van der Waals surface area contributed by atoms with E-state index >= 15 is 0 Å². The van der Waals surface area contributed by atoms with E-state index in [1.807, 2.05) is 43.5 Å². The average Bonchev–Trinajstić information content (AvgIpc) is 3.31. The van der Waals surface area contributed by atoms with Crippen LogP contribution >= 0.6 is 0 Å². The highest BCUT2D eigenvalue weighted by Gasteiger charge is 2.21. The summed E-state index contributed by atoms with van der Waals surface area (Å²) in [6, 6.07) is 11.3. The van der Waals surface area contributed by atoms with E-state index in [0.717, 1.165) is 17.0 Å². The SMILES string of the molecule is COc1cccc(-n2cc(CN(C)C(=O)c3c(C)nn4ncccc34)cn2)c1. The Balaban J connectivity index is 1.55. The van der Waals surface area contributed by atoms with Crippen molar-refractivity contribution in [2.75, 3.05) is 14.2 Å². The molecule has 0 radical (unpaired) electrons. The highest BCUT2D eigenvalue weighted by atomic mass is 16.5. The first-order chi connectivity index (χ1) is 13.6. The number of hydrogen-bond acceptors (Lipinski definition) is 5. The molecule has 0 N–H and O–H groups in total. The Morgan fingerprint density at radius 1 is 1.21 bits per heavy atom. The number of carbonyl (C=O) groups is 1. The average molecular weight is 376 g/mol. The number of fused-ring (bicyclic) bond motifs is 1. The van der Waals surface area contributed by atoms with Crippen LogP contribution in [0.5, 0.6) is 5.75 Å². The maximum absolute atomic E-state index is 13.0. The molecule has 4 aromatic rings. The second-order valence-electron chi connectivity index (χ2n) is 6.51. The van der Waals surface area contributed by atoms with Gasteiger partial charge in [-0.3, -0.25) is 4.79 Å². The minimum atomic E-state index is -0.102. The molecule has 0 spiro atoms. The normalized spacial score (nSPS) is 11.0. The number of carbonyl (C=O) groups excluding carboxylic acids is 1. The van der Waals surface area contributed by atoms with Gasteiger partial charge in [0.2, 0.25) is 0 Å². The lowest BCUT2D eigenvalue weighted by atomic mass is 10.2. The number of benzene rings is 1. The van der Waals surface area contributed by atoms with Crippen LogP contribution in [0.15, 0.2) is 55.0 Å². The molecule has 0 aliphatic rings. The van der Waals surface area contributed by atoms with E-state index in [1.54, 1.807) is 42.2 Å². The van der Waals surface area contributed by atoms with Crippen molar-refractivity contribution in [3.05, 3.63) is 71.8 Å². The molecular formula is C20H20N6O2. The number of rotatable bonds is 5. The van der Waals surface area contributed by atoms with E-state index in [1.165, 1.54) is 4.63 Å². The summed E-state index contributed by atoms with van der Waals surface area (Å²) >= 11 is 0. The van der Waals surface area contributed by atoms with Crippen LogP contribution in [-0.4, -0.2) is 49.6 Å². The minimum absolute atomic E-state index is 0.102. The summed E-state index contributed by atoms with van der Waals surface area (Å²) in [5, 5.41) is 12.9. The molecule has 0 bridgehead atoms. The number of nitrogens with zero attached hydrogens (tertiary/aromatic N) is 6. The lowest BCUT2D eigenvalue weighted by Crippen LogP contribution is -2.26. The molecule has 0 atom stereocenters. The van der Waals surface area contributed by atoms with Crippen LogP contribution in [0.2, 0.25) is 0 Å². The third-order valence-corrected chi connectivity index (χ3v) is 4.53. The summed E-state index contributed by atoms with van der Waals surface area (Å²) < 4.78 is 8.51. The number of amides is 1. The number of methoxy groups -OCH3 is 1. The van der Waals surface area contributed by atoms with Crippen LogP contribution in [0, 0.1) is 6.92 Å². The van der Waals surface area contributed by atoms with Crippen LogP contribution in [0.4, 0.5) is 0 Å². The van der Waals surface area contributed by atoms with Crippen LogP contribution in [0.1, 0.15) is 21.6 Å². The van der Waals surface area contributed by atoms with Gasteiger partial charge >= 0.3 is 0 Å². The molecule has 0 saturated carbocycles. The van der Waals surface area contributed by atoms with E-state index < -0.39 is 0 Å². The number of aryl methyl sites for hydroxylation is 1. The molecular weight excluding hydrogens is 356 g/mol. The predicted molar refractivity (Wildman–Crippen MR) is 104 cm³/mol. The molecule has 3 heterocycles. The second-order valence-corrected chi connectivity index (χ2v) is 6.51. The van der Waals surface area contributed by atoms with Crippen molar-refractivity contribution in [3.8, 4) is 11.4 Å². The highest BCUT2D eigenvalue weighted by Crippen LogP contribution is 2.19. The summed E-state index contributed by atoms with van der Waals surface area (Å²) in [5.74, 6) is 0.661. The minimum Gasteiger partial charge on any atom is -0.497 e. The third kappa shape index (κ3) is 3.20. The van der Waals surface area contributed by atoms with Gasteiger partial charge in [0.25, 0.3) is 5.91 Å². The van der Waals surface area contributed by atoms with Gasteiger partial charge in [0.1, 0.15) is 11.3 Å². The fourth-order valence-corrected chi connectivity index (χ4v) is 3.14. The van der Waals surface area contributed by atoms with Gasteiger partial charge in [-0.05, 0) is 31.2 Å². The lowest BCUT2D eigenvalue weighted by molar-refractivity contribution is 0.0786. The van der Waals surface area contributed by atoms with Gasteiger partial charge in [0, 0.05) is 37.6 Å². The molecule has 0 saturated heterocycles. The molecule has 8 nitrogen and oxygen atoms in total. The molecule has 0 fully saturated rings. The molecule has 1 amide bonds. The van der Waals surface area contributed by atoms with E-state index in [9.17, 15) is 4.79 Å². The van der Waals surface area contributed by atoms with Crippen molar-refractivity contribution in [1.29, 1.82) is 0 Å². The quantitative estimate of drug-likeness (QED) is 0.535. The smallest absolute Gasteiger partial charge is 0.258 e. The van der Waals surface area contributed by atoms with Crippen LogP contribution in [0.3, 0.4) is 0 Å². The maximum Gasteiger partial charge on any atom is 0.258 e. The Kier molecular flexibility index (Phi) is 4.52. The summed E-state index contributed by atoms with van der Waals surface area (Å²) in [7, 11) is 3.40. The molecule has 0 aliphatic carbocycles. The van der Waals surface area contributed by atoms with Crippen molar-refractivity contribution >= 4 is 11.4 Å². The van der Waals surface area contributed by atoms with Crippen LogP contribution in [0.25, 0.3) is 11.2 Å². The van der Waals surface area contributed by atoms with Crippen molar-refractivity contribution in [2.45, 2.75) is 13.5 Å². The molecule has 1 aromatic carbocycles. The Morgan fingerprint density at radius 2 is 2.07 bits per heavy atom. The topological polar surface area (TPSA) is 77.5 Å². The lowest BCUT2D eigenvalue weighted by Gasteiger charge is -2.16. The summed E-state index contributed by atoms with van der Waals surface area (Å²) in [6.07, 6.45) is 5.31. The Labute approximate surface area is 162 Å². The largest absolute Gasteiger partial charge is 0.497 e. The standard InChI is InChI=1S/C20H20N6O2/c1-14-19(18-8-5-9-21-26(18)23-14)20(27)24(2)12-15-11-22-25(13-15)16-6-4-7-17(10-16)28-3/h4-11,13H,12H2,1-3H3. The summed E-state index contributed by atoms with van der Waals surface area (Å²) in [6.45, 7) is 2.25. The van der Waals surface area contributed by atoms with E-state index in [-0.39, 0.29) is 5.91 Å². The summed E-state index contributed by atoms with van der Waals surface area (Å²) in [5.41, 5.74) is 3.73. The number of aromatic nitrogens is 5. The van der Waals surface area contributed by atoms with Crippen molar-refractivity contribution in [2.24, 2.45) is 0 Å². The Bertz CT molecular complexity index is 1150. The molecule has 0 aliphatic heterocycles. The van der Waals surface area contributed by atoms with Gasteiger partial charge in [-0.25, -0.2) is 4.68 Å². The monoisotopic (exact) mass is 376 g/mol. The Morgan fingerprint density at radius 3 is 2.89 bits per heavy atom. The van der Waals surface area contributed by atoms with Gasteiger partial charge in [0.15, 0.2) is 0 Å². The zero-order valence-corrected chi connectivity index (χ0v) is 15.9. The highest BCUT2D eigenvalue weighted by molar-refractivity contribution is 6.01. The first kappa shape index (κ1) is 17.7. The molecule has 8 heteroatoms. The first-order valence-electron chi connectivity index (χ1n) is 8.81. The van der Waals surface area contributed by atoms with E-state index in [2.05, 4.69) is 15.3 Å². The van der Waals surface area contributed by atoms with Gasteiger partial charge in [-0.15, -0.1) is 0 Å². The van der Waals surface area contributed by atoms with Gasteiger partial charge < -0.3 is 9.64 Å². The van der Waals surface area contributed by atoms with Gasteiger partial charge in [-0.2, -0.15) is 19.9 Å². The molecule has 28 heavy (non-hydrogen) atoms. The number of ether oxygens (including phenoxy) is 1. The van der Waals surface area contributed by atoms with Crippen LogP contribution in [-0.2, 0) is 6.54 Å². The van der Waals surface area contributed by atoms with Crippen molar-refractivity contribution in [3.63, 3.8) is 0 Å².